The molecular formula is C23H22Cl2N2O5. The van der Waals surface area contributed by atoms with Crippen molar-refractivity contribution in [3.05, 3.63) is 70.2 Å². The Morgan fingerprint density at radius 1 is 1.16 bits per heavy atom. The van der Waals surface area contributed by atoms with E-state index in [4.69, 9.17) is 27.9 Å². The number of amides is 2. The van der Waals surface area contributed by atoms with Crippen molar-refractivity contribution in [2.45, 2.75) is 25.9 Å². The van der Waals surface area contributed by atoms with Gasteiger partial charge in [0.2, 0.25) is 11.7 Å². The highest BCUT2D eigenvalue weighted by Gasteiger charge is 2.38. The maximum Gasteiger partial charge on any atom is 0.312 e. The molecule has 2 amide bonds. The van der Waals surface area contributed by atoms with E-state index in [2.05, 4.69) is 5.43 Å². The van der Waals surface area contributed by atoms with Crippen molar-refractivity contribution in [3.63, 3.8) is 0 Å². The summed E-state index contributed by atoms with van der Waals surface area (Å²) in [6.45, 7) is 1.81. The van der Waals surface area contributed by atoms with E-state index in [1.54, 1.807) is 42.5 Å². The summed E-state index contributed by atoms with van der Waals surface area (Å²) in [6, 6.07) is 13.1. The van der Waals surface area contributed by atoms with E-state index < -0.39 is 35.6 Å². The van der Waals surface area contributed by atoms with E-state index in [1.807, 2.05) is 13.0 Å². The summed E-state index contributed by atoms with van der Waals surface area (Å²) in [5, 5.41) is 1.58. The van der Waals surface area contributed by atoms with Crippen molar-refractivity contribution in [1.82, 2.24) is 10.4 Å². The molecule has 2 aromatic carbocycles. The maximum atomic E-state index is 12.7. The molecule has 168 valence electrons. The van der Waals surface area contributed by atoms with Gasteiger partial charge in [0.05, 0.1) is 12.5 Å². The van der Waals surface area contributed by atoms with Crippen LogP contribution < -0.4 is 5.43 Å². The number of hydrazine groups is 1. The molecule has 7 nitrogen and oxygen atoms in total. The summed E-state index contributed by atoms with van der Waals surface area (Å²) in [5.41, 5.74) is 4.17. The van der Waals surface area contributed by atoms with Crippen LogP contribution in [0, 0.1) is 12.8 Å². The van der Waals surface area contributed by atoms with Crippen molar-refractivity contribution in [1.29, 1.82) is 0 Å². The Balaban J connectivity index is 1.62. The number of alkyl halides is 1. The molecule has 3 rings (SSSR count). The van der Waals surface area contributed by atoms with Gasteiger partial charge in [0.25, 0.3) is 5.91 Å². The van der Waals surface area contributed by atoms with Crippen molar-refractivity contribution in [2.24, 2.45) is 5.92 Å². The first kappa shape index (κ1) is 23.8. The summed E-state index contributed by atoms with van der Waals surface area (Å²) in [5.74, 6) is -2.65. The van der Waals surface area contributed by atoms with E-state index in [-0.39, 0.29) is 25.3 Å². The molecule has 0 aliphatic carbocycles. The third-order valence-corrected chi connectivity index (χ3v) is 5.50. The Morgan fingerprint density at radius 3 is 2.53 bits per heavy atom. The van der Waals surface area contributed by atoms with Gasteiger partial charge in [-0.05, 0) is 43.3 Å². The molecule has 1 fully saturated rings. The van der Waals surface area contributed by atoms with Gasteiger partial charge < -0.3 is 4.74 Å². The van der Waals surface area contributed by atoms with E-state index >= 15 is 0 Å². The van der Waals surface area contributed by atoms with Crippen LogP contribution in [0.2, 0.25) is 5.02 Å². The predicted molar refractivity (Wildman–Crippen MR) is 119 cm³/mol. The van der Waals surface area contributed by atoms with Crippen molar-refractivity contribution in [2.75, 3.05) is 12.4 Å². The molecular weight excluding hydrogens is 455 g/mol. The third-order valence-electron chi connectivity index (χ3n) is 5.03. The molecule has 1 N–H and O–H groups in total. The van der Waals surface area contributed by atoms with Crippen LogP contribution in [0.5, 0.6) is 0 Å². The van der Waals surface area contributed by atoms with Crippen LogP contribution >= 0.6 is 23.2 Å². The first-order valence-corrected chi connectivity index (χ1v) is 10.9. The number of nitrogens with one attached hydrogen (secondary N) is 1. The number of hydrogen-bond donors (Lipinski definition) is 1. The highest BCUT2D eigenvalue weighted by atomic mass is 35.5. The SMILES string of the molecule is Cc1cccc(C(=O)NN2C[C@H](C(=O)O[C@@H](CCCl)C(=O)c3ccc(Cl)cc3)CC2=O)c1. The van der Waals surface area contributed by atoms with Crippen LogP contribution in [0.1, 0.15) is 39.1 Å². The van der Waals surface area contributed by atoms with Gasteiger partial charge in [-0.25, -0.2) is 0 Å². The van der Waals surface area contributed by atoms with Crippen LogP contribution in [0.3, 0.4) is 0 Å². The molecule has 1 aliphatic heterocycles. The van der Waals surface area contributed by atoms with Gasteiger partial charge in [0.15, 0.2) is 6.10 Å². The zero-order chi connectivity index (χ0) is 23.3. The average Bonchev–Trinajstić information content (AvgIpc) is 3.13. The Labute approximate surface area is 195 Å². The molecule has 1 heterocycles. The van der Waals surface area contributed by atoms with E-state index in [9.17, 15) is 19.2 Å². The van der Waals surface area contributed by atoms with Gasteiger partial charge in [-0.15, -0.1) is 11.6 Å². The Hall–Kier alpha value is -2.90. The monoisotopic (exact) mass is 476 g/mol. The fourth-order valence-electron chi connectivity index (χ4n) is 3.33. The van der Waals surface area contributed by atoms with Gasteiger partial charge in [-0.2, -0.15) is 0 Å². The van der Waals surface area contributed by atoms with Crippen LogP contribution in [-0.4, -0.2) is 47.1 Å². The van der Waals surface area contributed by atoms with Crippen molar-refractivity contribution >= 4 is 46.8 Å². The molecule has 0 unspecified atom stereocenters. The predicted octanol–water partition coefficient (Wildman–Crippen LogP) is 3.57. The number of ketones is 1. The lowest BCUT2D eigenvalue weighted by atomic mass is 10.0. The molecule has 32 heavy (non-hydrogen) atoms. The quantitative estimate of drug-likeness (QED) is 0.357. The number of benzene rings is 2. The number of rotatable bonds is 8. The molecule has 1 saturated heterocycles. The minimum Gasteiger partial charge on any atom is -0.454 e. The zero-order valence-corrected chi connectivity index (χ0v) is 18.9. The van der Waals surface area contributed by atoms with Crippen molar-refractivity contribution < 1.29 is 23.9 Å². The topological polar surface area (TPSA) is 92.8 Å². The average molecular weight is 477 g/mol. The molecule has 2 aromatic rings. The number of Topliss-reactive ketones (excluding diaryl/α,β-unsaturated/α-hetero) is 1. The molecule has 9 heteroatoms. The number of carbonyl (C=O) groups excluding carboxylic acids is 4. The van der Waals surface area contributed by atoms with Crippen LogP contribution in [0.25, 0.3) is 0 Å². The molecule has 0 aromatic heterocycles. The van der Waals surface area contributed by atoms with Crippen LogP contribution in [0.4, 0.5) is 0 Å². The lowest BCUT2D eigenvalue weighted by Gasteiger charge is -2.20. The molecule has 2 atom stereocenters. The molecule has 0 spiro atoms. The fourth-order valence-corrected chi connectivity index (χ4v) is 3.65. The smallest absolute Gasteiger partial charge is 0.312 e. The Morgan fingerprint density at radius 2 is 1.88 bits per heavy atom. The van der Waals surface area contributed by atoms with E-state index in [0.717, 1.165) is 10.6 Å². The third kappa shape index (κ3) is 5.87. The van der Waals surface area contributed by atoms with E-state index in [0.29, 0.717) is 16.1 Å². The lowest BCUT2D eigenvalue weighted by Crippen LogP contribution is -2.43. The van der Waals surface area contributed by atoms with Crippen LogP contribution in [0.15, 0.2) is 48.5 Å². The van der Waals surface area contributed by atoms with Gasteiger partial charge in [-0.3, -0.25) is 29.6 Å². The minimum absolute atomic E-state index is 0.0437. The summed E-state index contributed by atoms with van der Waals surface area (Å²) in [6.07, 6.45) is -1.08. The second-order valence-electron chi connectivity index (χ2n) is 7.49. The second kappa shape index (κ2) is 10.6. The Kier molecular flexibility index (Phi) is 7.88. The molecule has 0 radical (unpaired) electrons. The number of aryl methyl sites for hydroxylation is 1. The summed E-state index contributed by atoms with van der Waals surface area (Å²) < 4.78 is 5.43. The maximum absolute atomic E-state index is 12.7. The first-order chi connectivity index (χ1) is 15.3. The minimum atomic E-state index is -1.08. The van der Waals surface area contributed by atoms with Gasteiger partial charge in [0.1, 0.15) is 0 Å². The zero-order valence-electron chi connectivity index (χ0n) is 17.3. The fraction of sp³-hybridized carbons (Fsp3) is 0.304. The van der Waals surface area contributed by atoms with E-state index in [1.165, 1.54) is 0 Å². The molecule has 1 aliphatic rings. The standard InChI is InChI=1S/C23H22Cl2N2O5/c1-14-3-2-4-16(11-14)22(30)26-27-13-17(12-20(27)28)23(31)32-19(9-10-24)21(29)15-5-7-18(25)8-6-15/h2-8,11,17,19H,9-10,12-13H2,1H3,(H,26,30)/t17-,19+/m1/s1. The van der Waals surface area contributed by atoms with Gasteiger partial charge in [0, 0.05) is 34.9 Å². The number of esters is 1. The second-order valence-corrected chi connectivity index (χ2v) is 8.30. The highest BCUT2D eigenvalue weighted by Crippen LogP contribution is 2.21. The largest absolute Gasteiger partial charge is 0.454 e. The normalized spacial score (nSPS) is 16.5. The Bertz CT molecular complexity index is 1030. The van der Waals surface area contributed by atoms with Gasteiger partial charge >= 0.3 is 5.97 Å². The van der Waals surface area contributed by atoms with Crippen LogP contribution in [-0.2, 0) is 14.3 Å². The number of nitrogens with zero attached hydrogens (tertiary/aromatic N) is 1. The number of halogens is 2. The summed E-state index contributed by atoms with van der Waals surface area (Å²) in [4.78, 5) is 50.2. The summed E-state index contributed by atoms with van der Waals surface area (Å²) in [7, 11) is 0. The lowest BCUT2D eigenvalue weighted by molar-refractivity contribution is -0.151. The van der Waals surface area contributed by atoms with Gasteiger partial charge in [-0.1, -0.05) is 29.3 Å². The summed E-state index contributed by atoms with van der Waals surface area (Å²) >= 11 is 11.6. The molecule has 0 bridgehead atoms. The highest BCUT2D eigenvalue weighted by molar-refractivity contribution is 6.30. The number of carbonyl (C=O) groups is 4. The number of hydrogen-bond acceptors (Lipinski definition) is 5. The number of ether oxygens (including phenoxy) is 1. The first-order valence-electron chi connectivity index (χ1n) is 10.0. The van der Waals surface area contributed by atoms with Crippen molar-refractivity contribution in [3.8, 4) is 0 Å². The molecule has 0 saturated carbocycles.